The number of fused-ring (bicyclic) bond motifs is 2. The highest BCUT2D eigenvalue weighted by molar-refractivity contribution is 7.10. The molecular weight excluding hydrogens is 334 g/mol. The van der Waals surface area contributed by atoms with Crippen LogP contribution in [0.4, 0.5) is 0 Å². The number of hydrogen-bond acceptors (Lipinski definition) is 4. The molecule has 2 aromatic rings. The molecule has 0 amide bonds. The van der Waals surface area contributed by atoms with Crippen LogP contribution < -0.4 is 5.32 Å². The number of thiophene rings is 1. The highest BCUT2D eigenvalue weighted by Crippen LogP contribution is 2.31. The van der Waals surface area contributed by atoms with Crippen molar-refractivity contribution in [1.29, 1.82) is 0 Å². The lowest BCUT2D eigenvalue weighted by Gasteiger charge is -2.24. The van der Waals surface area contributed by atoms with Gasteiger partial charge in [0.05, 0.1) is 0 Å². The van der Waals surface area contributed by atoms with Gasteiger partial charge < -0.3 is 10.4 Å². The molecule has 0 saturated carbocycles. The second-order valence-corrected chi connectivity index (χ2v) is 8.05. The molecule has 6 heteroatoms. The Kier molecular flexibility index (Phi) is 4.65. The Morgan fingerprint density at radius 2 is 2.20 bits per heavy atom. The molecule has 2 heterocycles. The first kappa shape index (κ1) is 16.8. The van der Waals surface area contributed by atoms with Gasteiger partial charge in [0.2, 0.25) is 0 Å². The zero-order chi connectivity index (χ0) is 17.4. The lowest BCUT2D eigenvalue weighted by molar-refractivity contribution is 0.0688. The van der Waals surface area contributed by atoms with Gasteiger partial charge in [-0.15, -0.1) is 11.3 Å². The molecule has 0 aliphatic heterocycles. The van der Waals surface area contributed by atoms with E-state index >= 15 is 0 Å². The largest absolute Gasteiger partial charge is 0.476 e. The number of carboxylic acid groups (broad SMARTS) is 1. The smallest absolute Gasteiger partial charge is 0.356 e. The van der Waals surface area contributed by atoms with Gasteiger partial charge in [0, 0.05) is 35.3 Å². The molecule has 0 saturated heterocycles. The monoisotopic (exact) mass is 359 g/mol. The highest BCUT2D eigenvalue weighted by Gasteiger charge is 2.28. The Balaban J connectivity index is 1.47. The molecule has 25 heavy (non-hydrogen) atoms. The molecule has 2 aliphatic rings. The van der Waals surface area contributed by atoms with Crippen molar-refractivity contribution in [1.82, 2.24) is 15.1 Å². The van der Waals surface area contributed by atoms with Crippen molar-refractivity contribution in [3.8, 4) is 0 Å². The first-order valence-electron chi connectivity index (χ1n) is 9.30. The maximum atomic E-state index is 11.5. The molecule has 5 nitrogen and oxygen atoms in total. The molecule has 0 bridgehead atoms. The van der Waals surface area contributed by atoms with Crippen molar-refractivity contribution in [2.45, 2.75) is 71.0 Å². The Hall–Kier alpha value is -1.66. The third-order valence-corrected chi connectivity index (χ3v) is 6.72. The van der Waals surface area contributed by atoms with Gasteiger partial charge in [-0.3, -0.25) is 4.68 Å². The van der Waals surface area contributed by atoms with E-state index < -0.39 is 5.97 Å². The van der Waals surface area contributed by atoms with Gasteiger partial charge in [-0.2, -0.15) is 5.10 Å². The van der Waals surface area contributed by atoms with Crippen LogP contribution in [0.5, 0.6) is 0 Å². The summed E-state index contributed by atoms with van der Waals surface area (Å²) in [5.74, 6) is -0.906. The Labute approximate surface area is 152 Å². The quantitative estimate of drug-likeness (QED) is 0.860. The van der Waals surface area contributed by atoms with Gasteiger partial charge in [0.1, 0.15) is 0 Å². The van der Waals surface area contributed by atoms with E-state index in [0.717, 1.165) is 43.6 Å². The Morgan fingerprint density at radius 3 is 3.00 bits per heavy atom. The highest BCUT2D eigenvalue weighted by atomic mass is 32.1. The summed E-state index contributed by atoms with van der Waals surface area (Å²) in [6, 6.07) is 0.333. The van der Waals surface area contributed by atoms with Crippen LogP contribution in [0.25, 0.3) is 0 Å². The van der Waals surface area contributed by atoms with Crippen molar-refractivity contribution in [2.75, 3.05) is 0 Å². The van der Waals surface area contributed by atoms with E-state index in [9.17, 15) is 9.90 Å². The van der Waals surface area contributed by atoms with Crippen molar-refractivity contribution >= 4 is 17.3 Å². The summed E-state index contributed by atoms with van der Waals surface area (Å²) in [7, 11) is 0. The first-order chi connectivity index (χ1) is 12.2. The lowest BCUT2D eigenvalue weighted by Crippen LogP contribution is -2.35. The number of aromatic nitrogens is 2. The van der Waals surface area contributed by atoms with Gasteiger partial charge in [-0.05, 0) is 68.4 Å². The van der Waals surface area contributed by atoms with Gasteiger partial charge in [0.15, 0.2) is 5.69 Å². The number of hydrogen-bond donors (Lipinski definition) is 2. The minimum atomic E-state index is -0.906. The maximum absolute atomic E-state index is 11.5. The minimum Gasteiger partial charge on any atom is -0.476 e. The van der Waals surface area contributed by atoms with Crippen molar-refractivity contribution < 1.29 is 9.90 Å². The molecule has 0 radical (unpaired) electrons. The fourth-order valence-electron chi connectivity index (χ4n) is 4.26. The predicted octanol–water partition coefficient (Wildman–Crippen LogP) is 3.19. The van der Waals surface area contributed by atoms with Crippen molar-refractivity contribution in [2.24, 2.45) is 0 Å². The van der Waals surface area contributed by atoms with Crippen LogP contribution in [0.15, 0.2) is 5.38 Å². The Bertz CT molecular complexity index is 793. The minimum absolute atomic E-state index is 0.247. The second-order valence-electron chi connectivity index (χ2n) is 7.09. The molecule has 0 spiro atoms. The second kappa shape index (κ2) is 6.92. The summed E-state index contributed by atoms with van der Waals surface area (Å²) in [6.07, 6.45) is 7.81. The van der Waals surface area contributed by atoms with E-state index in [1.807, 2.05) is 22.9 Å². The summed E-state index contributed by atoms with van der Waals surface area (Å²) in [5.41, 5.74) is 5.33. The predicted molar refractivity (Wildman–Crippen MR) is 98.5 cm³/mol. The standard InChI is InChI=1S/C19H25N3O2S/c1-2-22-16-8-7-13(9-15(16)18(21-22)19(23)24)20-10-12-11-25-17-6-4-3-5-14(12)17/h11,13,20H,2-10H2,1H3,(H,23,24). The molecule has 4 rings (SSSR count). The molecule has 1 atom stereocenters. The van der Waals surface area contributed by atoms with Crippen LogP contribution in [0, 0.1) is 0 Å². The van der Waals surface area contributed by atoms with Crippen LogP contribution >= 0.6 is 11.3 Å². The lowest BCUT2D eigenvalue weighted by atomic mass is 9.90. The van der Waals surface area contributed by atoms with Crippen LogP contribution in [0.2, 0.25) is 0 Å². The maximum Gasteiger partial charge on any atom is 0.356 e. The number of carbonyl (C=O) groups is 1. The van der Waals surface area contributed by atoms with E-state index in [-0.39, 0.29) is 5.69 Å². The summed E-state index contributed by atoms with van der Waals surface area (Å²) in [6.45, 7) is 3.65. The summed E-state index contributed by atoms with van der Waals surface area (Å²) < 4.78 is 1.87. The van der Waals surface area contributed by atoms with Crippen molar-refractivity contribution in [3.05, 3.63) is 38.3 Å². The van der Waals surface area contributed by atoms with Crippen LogP contribution in [0.3, 0.4) is 0 Å². The number of nitrogens with one attached hydrogen (secondary N) is 1. The molecule has 2 N–H and O–H groups in total. The fourth-order valence-corrected chi connectivity index (χ4v) is 5.41. The van der Waals surface area contributed by atoms with E-state index in [0.29, 0.717) is 6.04 Å². The number of carboxylic acids is 1. The molecule has 1 unspecified atom stereocenters. The van der Waals surface area contributed by atoms with Gasteiger partial charge in [0.25, 0.3) is 0 Å². The zero-order valence-electron chi connectivity index (χ0n) is 14.7. The number of aromatic carboxylic acids is 1. The van der Waals surface area contributed by atoms with Crippen LogP contribution in [0.1, 0.15) is 63.9 Å². The number of rotatable bonds is 5. The van der Waals surface area contributed by atoms with E-state index in [4.69, 9.17) is 0 Å². The summed E-state index contributed by atoms with van der Waals surface area (Å²) >= 11 is 1.91. The summed E-state index contributed by atoms with van der Waals surface area (Å²) in [4.78, 5) is 13.1. The Morgan fingerprint density at radius 1 is 1.36 bits per heavy atom. The number of nitrogens with zero attached hydrogens (tertiary/aromatic N) is 2. The van der Waals surface area contributed by atoms with Crippen LogP contribution in [-0.2, 0) is 38.8 Å². The van der Waals surface area contributed by atoms with Gasteiger partial charge >= 0.3 is 5.97 Å². The van der Waals surface area contributed by atoms with E-state index in [1.165, 1.54) is 31.2 Å². The normalized spacial score (nSPS) is 19.5. The average Bonchev–Trinajstić information content (AvgIpc) is 3.21. The zero-order valence-corrected chi connectivity index (χ0v) is 15.5. The van der Waals surface area contributed by atoms with Crippen molar-refractivity contribution in [3.63, 3.8) is 0 Å². The summed E-state index contributed by atoms with van der Waals surface area (Å²) in [5, 5.41) is 19.8. The molecular formula is C19H25N3O2S. The van der Waals surface area contributed by atoms with E-state index in [2.05, 4.69) is 15.8 Å². The third-order valence-electron chi connectivity index (χ3n) is 5.58. The topological polar surface area (TPSA) is 67.2 Å². The van der Waals surface area contributed by atoms with Gasteiger partial charge in [-0.1, -0.05) is 0 Å². The molecule has 2 aliphatic carbocycles. The SMILES string of the molecule is CCn1nc(C(=O)O)c2c1CCC(NCc1csc3c1CCCC3)C2. The number of aryl methyl sites for hydroxylation is 2. The molecule has 0 fully saturated rings. The first-order valence-corrected chi connectivity index (χ1v) is 10.2. The van der Waals surface area contributed by atoms with E-state index in [1.54, 1.807) is 10.4 Å². The average molecular weight is 359 g/mol. The molecule has 134 valence electrons. The fraction of sp³-hybridized carbons (Fsp3) is 0.579. The van der Waals surface area contributed by atoms with Crippen LogP contribution in [-0.4, -0.2) is 26.9 Å². The molecule has 2 aromatic heterocycles. The molecule has 0 aromatic carbocycles. The van der Waals surface area contributed by atoms with Gasteiger partial charge in [-0.25, -0.2) is 4.79 Å². The third kappa shape index (κ3) is 3.13.